The maximum absolute atomic E-state index is 2.45. The van der Waals surface area contributed by atoms with Crippen LogP contribution in [0.1, 0.15) is 0 Å². The maximum Gasteiger partial charge on any atom is 0.0421 e. The normalized spacial score (nSPS) is 12.6. The van der Waals surface area contributed by atoms with Crippen molar-refractivity contribution in [3.05, 3.63) is 60.7 Å². The van der Waals surface area contributed by atoms with Gasteiger partial charge < -0.3 is 0 Å². The molecule has 0 unspecified atom stereocenters. The van der Waals surface area contributed by atoms with Crippen molar-refractivity contribution in [3.63, 3.8) is 0 Å². The molecule has 2 rings (SSSR count). The van der Waals surface area contributed by atoms with E-state index < -0.39 is 16.8 Å². The van der Waals surface area contributed by atoms with Gasteiger partial charge in [0.2, 0.25) is 0 Å². The standard InChI is InChI=1S/C16H18Si2/c1-17(15-9-5-3-6-10-15)13-14-18(2)16-11-7-4-8-12-16/h3-14H,1-2H3. The molecule has 0 nitrogen and oxygen atoms in total. The Balaban J connectivity index is 2.20. The van der Waals surface area contributed by atoms with Gasteiger partial charge in [0.15, 0.2) is 0 Å². The first-order chi connectivity index (χ1) is 8.77. The molecule has 2 aromatic carbocycles. The molecule has 0 radical (unpaired) electrons. The molecule has 0 aliphatic heterocycles. The molecule has 0 aromatic heterocycles. The molecule has 0 bridgehead atoms. The third kappa shape index (κ3) is 3.55. The number of hydrogen-bond acceptors (Lipinski definition) is 0. The Kier molecular flexibility index (Phi) is 4.73. The van der Waals surface area contributed by atoms with Gasteiger partial charge in [-0.3, -0.25) is 0 Å². The minimum Gasteiger partial charge on any atom is -0.0818 e. The fourth-order valence-electron chi connectivity index (χ4n) is 1.84. The van der Waals surface area contributed by atoms with E-state index in [1.54, 1.807) is 0 Å². The van der Waals surface area contributed by atoms with E-state index in [1.807, 2.05) is 0 Å². The molecule has 0 saturated carbocycles. The van der Waals surface area contributed by atoms with Crippen LogP contribution in [0.3, 0.4) is 0 Å². The highest BCUT2D eigenvalue weighted by atomic mass is 28.2. The summed E-state index contributed by atoms with van der Waals surface area (Å²) < 4.78 is 0. The minimum absolute atomic E-state index is 0.524. The summed E-state index contributed by atoms with van der Waals surface area (Å²) in [6.07, 6.45) is 0. The quantitative estimate of drug-likeness (QED) is 0.744. The van der Waals surface area contributed by atoms with Crippen LogP contribution in [0, 0.1) is 0 Å². The molecule has 2 heteroatoms. The van der Waals surface area contributed by atoms with E-state index in [2.05, 4.69) is 85.1 Å². The summed E-state index contributed by atoms with van der Waals surface area (Å²) in [4.78, 5) is 0. The molecule has 0 saturated heterocycles. The third-order valence-corrected chi connectivity index (χ3v) is 7.20. The van der Waals surface area contributed by atoms with Crippen LogP contribution in [0.5, 0.6) is 0 Å². The third-order valence-electron chi connectivity index (χ3n) is 3.04. The summed E-state index contributed by atoms with van der Waals surface area (Å²) in [7, 11) is -1.05. The van der Waals surface area contributed by atoms with E-state index in [1.165, 1.54) is 10.4 Å². The summed E-state index contributed by atoms with van der Waals surface area (Å²) in [5, 5.41) is 2.98. The van der Waals surface area contributed by atoms with E-state index in [4.69, 9.17) is 0 Å². The molecule has 0 atom stereocenters. The van der Waals surface area contributed by atoms with Crippen LogP contribution in [-0.4, -0.2) is 28.2 Å². The van der Waals surface area contributed by atoms with Crippen molar-refractivity contribution >= 4 is 38.5 Å². The predicted octanol–water partition coefficient (Wildman–Crippen LogP) is 1.82. The Labute approximate surface area is 112 Å². The van der Waals surface area contributed by atoms with Crippen molar-refractivity contribution in [2.24, 2.45) is 0 Å². The lowest BCUT2D eigenvalue weighted by molar-refractivity contribution is 1.76. The zero-order valence-electron chi connectivity index (χ0n) is 10.9. The molecule has 90 valence electrons. The number of hydrogen-bond donors (Lipinski definition) is 0. The van der Waals surface area contributed by atoms with Crippen molar-refractivity contribution in [1.29, 1.82) is 0 Å². The van der Waals surface area contributed by atoms with Crippen LogP contribution in [0.15, 0.2) is 60.7 Å². The summed E-state index contributed by atoms with van der Waals surface area (Å²) >= 11 is 0. The van der Waals surface area contributed by atoms with E-state index in [-0.39, 0.29) is 0 Å². The molecule has 0 N–H and O–H groups in total. The smallest absolute Gasteiger partial charge is 0.0421 e. The first-order valence-electron chi connectivity index (χ1n) is 6.23. The molecule has 0 heterocycles. The maximum atomic E-state index is 2.45. The first-order valence-corrected chi connectivity index (χ1v) is 10.4. The van der Waals surface area contributed by atoms with Crippen LogP contribution in [0.25, 0.3) is 0 Å². The van der Waals surface area contributed by atoms with Crippen LogP contribution >= 0.6 is 0 Å². The van der Waals surface area contributed by atoms with E-state index in [0.29, 0.717) is 0 Å². The Hall–Kier alpha value is -1.39. The van der Waals surface area contributed by atoms with Crippen molar-refractivity contribution in [2.45, 2.75) is 13.1 Å². The van der Waals surface area contributed by atoms with Gasteiger partial charge in [-0.05, 0) is 10.4 Å². The van der Waals surface area contributed by atoms with Crippen LogP contribution in [-0.2, 0) is 0 Å². The molecular weight excluding hydrogens is 248 g/mol. The fraction of sp³-hybridized carbons (Fsp3) is 0.125. The number of rotatable bonds is 3. The van der Waals surface area contributed by atoms with Crippen molar-refractivity contribution < 1.29 is 0 Å². The molecular formula is C16H18Si2. The van der Waals surface area contributed by atoms with Gasteiger partial charge in [-0.2, -0.15) is 0 Å². The molecule has 0 aliphatic rings. The van der Waals surface area contributed by atoms with Crippen molar-refractivity contribution in [1.82, 2.24) is 0 Å². The van der Waals surface area contributed by atoms with Crippen LogP contribution in [0.4, 0.5) is 0 Å². The highest BCUT2D eigenvalue weighted by Gasteiger charge is 1.95. The fourth-order valence-corrected chi connectivity index (χ4v) is 5.67. The van der Waals surface area contributed by atoms with Gasteiger partial charge in [-0.25, -0.2) is 0 Å². The summed E-state index contributed by atoms with van der Waals surface area (Å²) in [5.41, 5.74) is 4.89. The van der Waals surface area contributed by atoms with Gasteiger partial charge in [0, 0.05) is 16.8 Å². The Bertz CT molecular complexity index is 501. The second-order valence-corrected chi connectivity index (χ2v) is 8.98. The highest BCUT2D eigenvalue weighted by Crippen LogP contribution is 1.84. The average Bonchev–Trinajstić information content (AvgIpc) is 2.46. The van der Waals surface area contributed by atoms with Gasteiger partial charge >= 0.3 is 0 Å². The van der Waals surface area contributed by atoms with E-state index in [0.717, 1.165) is 0 Å². The Morgan fingerprint density at radius 3 is 1.28 bits per heavy atom. The van der Waals surface area contributed by atoms with E-state index in [9.17, 15) is 0 Å². The number of benzene rings is 2. The van der Waals surface area contributed by atoms with Crippen LogP contribution in [0.2, 0.25) is 13.1 Å². The van der Waals surface area contributed by atoms with E-state index >= 15 is 0 Å². The zero-order chi connectivity index (χ0) is 12.8. The lowest BCUT2D eigenvalue weighted by Crippen LogP contribution is -2.25. The van der Waals surface area contributed by atoms with Gasteiger partial charge in [0.1, 0.15) is 0 Å². The van der Waals surface area contributed by atoms with Crippen LogP contribution < -0.4 is 10.4 Å². The zero-order valence-corrected chi connectivity index (χ0v) is 12.9. The second-order valence-electron chi connectivity index (χ2n) is 4.43. The average molecular weight is 266 g/mol. The molecule has 2 aromatic rings. The van der Waals surface area contributed by atoms with Crippen molar-refractivity contribution in [3.8, 4) is 0 Å². The predicted molar refractivity (Wildman–Crippen MR) is 87.5 cm³/mol. The molecule has 0 aliphatic carbocycles. The van der Waals surface area contributed by atoms with Gasteiger partial charge in [0.25, 0.3) is 0 Å². The molecule has 18 heavy (non-hydrogen) atoms. The van der Waals surface area contributed by atoms with Gasteiger partial charge in [0.05, 0.1) is 0 Å². The molecule has 0 spiro atoms. The minimum atomic E-state index is -0.524. The topological polar surface area (TPSA) is 0 Å². The second kappa shape index (κ2) is 6.52. The first kappa shape index (κ1) is 13.1. The summed E-state index contributed by atoms with van der Waals surface area (Å²) in [6, 6.07) is 21.7. The summed E-state index contributed by atoms with van der Waals surface area (Å²) in [5.74, 6) is 0. The summed E-state index contributed by atoms with van der Waals surface area (Å²) in [6.45, 7) is 4.72. The Morgan fingerprint density at radius 1 is 0.611 bits per heavy atom. The molecule has 0 fully saturated rings. The monoisotopic (exact) mass is 266 g/mol. The van der Waals surface area contributed by atoms with Gasteiger partial charge in [-0.15, -0.1) is 0 Å². The Morgan fingerprint density at radius 2 is 0.944 bits per heavy atom. The largest absolute Gasteiger partial charge is 0.0818 e. The SMILES string of the molecule is C[Si](=CC=[Si](C)c1ccccc1)c1ccccc1. The van der Waals surface area contributed by atoms with Crippen molar-refractivity contribution in [2.75, 3.05) is 0 Å². The lowest BCUT2D eigenvalue weighted by atomic mass is 10.4. The lowest BCUT2D eigenvalue weighted by Gasteiger charge is -2.00. The highest BCUT2D eigenvalue weighted by molar-refractivity contribution is 6.94. The molecule has 0 amide bonds. The van der Waals surface area contributed by atoms with Gasteiger partial charge in [-0.1, -0.05) is 85.1 Å².